The van der Waals surface area contributed by atoms with E-state index in [4.69, 9.17) is 0 Å². The van der Waals surface area contributed by atoms with E-state index in [1.54, 1.807) is 0 Å². The first-order valence-corrected chi connectivity index (χ1v) is 5.45. The lowest BCUT2D eigenvalue weighted by molar-refractivity contribution is -0.00309. The third kappa shape index (κ3) is 3.05. The standard InChI is InChI=1S/C13H20O2/c1-9(2)12(14)10(3)13(15)11-7-5-4-6-8-11/h4-10,12-15H,1-3H3/t10-,12-,13+/m0/s1. The minimum Gasteiger partial charge on any atom is -0.392 e. The molecule has 0 amide bonds. The summed E-state index contributed by atoms with van der Waals surface area (Å²) in [6, 6.07) is 9.47. The summed E-state index contributed by atoms with van der Waals surface area (Å²) >= 11 is 0. The fourth-order valence-corrected chi connectivity index (χ4v) is 1.75. The summed E-state index contributed by atoms with van der Waals surface area (Å²) in [5, 5.41) is 19.9. The Hall–Kier alpha value is -0.860. The van der Waals surface area contributed by atoms with Gasteiger partial charge < -0.3 is 10.2 Å². The van der Waals surface area contributed by atoms with Gasteiger partial charge in [0.1, 0.15) is 0 Å². The maximum atomic E-state index is 10.0. The van der Waals surface area contributed by atoms with Crippen molar-refractivity contribution in [3.05, 3.63) is 35.9 Å². The molecule has 0 aromatic heterocycles. The van der Waals surface area contributed by atoms with Gasteiger partial charge in [0.25, 0.3) is 0 Å². The van der Waals surface area contributed by atoms with Gasteiger partial charge in [0.15, 0.2) is 0 Å². The molecule has 0 radical (unpaired) electrons. The number of hydrogen-bond donors (Lipinski definition) is 2. The molecule has 0 spiro atoms. The number of hydrogen-bond acceptors (Lipinski definition) is 2. The zero-order chi connectivity index (χ0) is 11.4. The van der Waals surface area contributed by atoms with Gasteiger partial charge in [0.2, 0.25) is 0 Å². The Bertz CT molecular complexity index is 282. The van der Waals surface area contributed by atoms with Crippen LogP contribution in [0.1, 0.15) is 32.4 Å². The lowest BCUT2D eigenvalue weighted by atomic mass is 9.87. The molecule has 0 aliphatic heterocycles. The first-order chi connectivity index (χ1) is 7.04. The minimum atomic E-state index is -0.594. The fraction of sp³-hybridized carbons (Fsp3) is 0.538. The van der Waals surface area contributed by atoms with E-state index in [-0.39, 0.29) is 11.8 Å². The van der Waals surface area contributed by atoms with E-state index in [0.29, 0.717) is 0 Å². The average molecular weight is 208 g/mol. The number of aliphatic hydroxyl groups is 2. The van der Waals surface area contributed by atoms with E-state index < -0.39 is 12.2 Å². The number of benzene rings is 1. The molecular formula is C13H20O2. The summed E-state index contributed by atoms with van der Waals surface area (Å²) in [6.07, 6.45) is -1.07. The van der Waals surface area contributed by atoms with Gasteiger partial charge in [-0.1, -0.05) is 51.1 Å². The summed E-state index contributed by atoms with van der Waals surface area (Å²) in [5.74, 6) is 0.0192. The Morgan fingerprint density at radius 1 is 0.933 bits per heavy atom. The smallest absolute Gasteiger partial charge is 0.0840 e. The van der Waals surface area contributed by atoms with E-state index in [9.17, 15) is 10.2 Å². The van der Waals surface area contributed by atoms with Crippen molar-refractivity contribution in [2.45, 2.75) is 33.0 Å². The maximum Gasteiger partial charge on any atom is 0.0840 e. The summed E-state index contributed by atoms with van der Waals surface area (Å²) in [5.41, 5.74) is 0.865. The highest BCUT2D eigenvalue weighted by molar-refractivity contribution is 5.18. The molecular weight excluding hydrogens is 188 g/mol. The van der Waals surface area contributed by atoms with Crippen molar-refractivity contribution in [1.29, 1.82) is 0 Å². The molecule has 0 saturated carbocycles. The van der Waals surface area contributed by atoms with E-state index in [2.05, 4.69) is 0 Å². The van der Waals surface area contributed by atoms with Crippen LogP contribution >= 0.6 is 0 Å². The van der Waals surface area contributed by atoms with Crippen molar-refractivity contribution in [3.63, 3.8) is 0 Å². The third-order valence-electron chi connectivity index (χ3n) is 2.86. The molecule has 2 N–H and O–H groups in total. The van der Waals surface area contributed by atoms with E-state index >= 15 is 0 Å². The molecule has 1 aromatic rings. The largest absolute Gasteiger partial charge is 0.392 e. The van der Waals surface area contributed by atoms with Crippen LogP contribution < -0.4 is 0 Å². The van der Waals surface area contributed by atoms with Gasteiger partial charge in [0.05, 0.1) is 12.2 Å². The second kappa shape index (κ2) is 5.29. The Kier molecular flexibility index (Phi) is 4.30. The van der Waals surface area contributed by atoms with Crippen molar-refractivity contribution in [3.8, 4) is 0 Å². The van der Waals surface area contributed by atoms with Crippen LogP contribution in [0.5, 0.6) is 0 Å². The predicted octanol–water partition coefficient (Wildman–Crippen LogP) is 2.37. The van der Waals surface area contributed by atoms with Crippen LogP contribution in [0.15, 0.2) is 30.3 Å². The van der Waals surface area contributed by atoms with Crippen LogP contribution in [0.4, 0.5) is 0 Å². The maximum absolute atomic E-state index is 10.0. The average Bonchev–Trinajstić information content (AvgIpc) is 2.27. The van der Waals surface area contributed by atoms with Gasteiger partial charge in [-0.25, -0.2) is 0 Å². The molecule has 2 nitrogen and oxygen atoms in total. The lowest BCUT2D eigenvalue weighted by Crippen LogP contribution is -2.28. The molecule has 0 bridgehead atoms. The normalized spacial score (nSPS) is 17.5. The molecule has 15 heavy (non-hydrogen) atoms. The zero-order valence-electron chi connectivity index (χ0n) is 9.59. The molecule has 3 atom stereocenters. The van der Waals surface area contributed by atoms with Gasteiger partial charge in [0, 0.05) is 5.92 Å². The zero-order valence-corrected chi connectivity index (χ0v) is 9.59. The Balaban J connectivity index is 2.73. The van der Waals surface area contributed by atoms with Crippen molar-refractivity contribution < 1.29 is 10.2 Å². The molecule has 84 valence electrons. The number of aliphatic hydroxyl groups excluding tert-OH is 2. The second-order valence-corrected chi connectivity index (χ2v) is 4.45. The molecule has 0 aliphatic rings. The predicted molar refractivity (Wildman–Crippen MR) is 61.4 cm³/mol. The highest BCUT2D eigenvalue weighted by atomic mass is 16.3. The topological polar surface area (TPSA) is 40.5 Å². The Morgan fingerprint density at radius 2 is 1.47 bits per heavy atom. The molecule has 1 aromatic carbocycles. The highest BCUT2D eigenvalue weighted by Crippen LogP contribution is 2.27. The Labute approximate surface area is 91.6 Å². The van der Waals surface area contributed by atoms with Crippen molar-refractivity contribution in [1.82, 2.24) is 0 Å². The number of rotatable bonds is 4. The summed E-state index contributed by atoms with van der Waals surface area (Å²) in [4.78, 5) is 0. The molecule has 0 saturated heterocycles. The van der Waals surface area contributed by atoms with Gasteiger partial charge in [-0.05, 0) is 11.5 Å². The van der Waals surface area contributed by atoms with Crippen LogP contribution in [0.25, 0.3) is 0 Å². The van der Waals surface area contributed by atoms with Gasteiger partial charge in [-0.2, -0.15) is 0 Å². The van der Waals surface area contributed by atoms with Crippen molar-refractivity contribution in [2.24, 2.45) is 11.8 Å². The third-order valence-corrected chi connectivity index (χ3v) is 2.86. The SMILES string of the molecule is CC(C)[C@H](O)[C@H](C)[C@@H](O)c1ccccc1. The van der Waals surface area contributed by atoms with Crippen LogP contribution in [-0.4, -0.2) is 16.3 Å². The van der Waals surface area contributed by atoms with Gasteiger partial charge >= 0.3 is 0 Å². The second-order valence-electron chi connectivity index (χ2n) is 4.45. The van der Waals surface area contributed by atoms with Crippen LogP contribution in [0.3, 0.4) is 0 Å². The van der Waals surface area contributed by atoms with E-state index in [1.807, 2.05) is 51.1 Å². The minimum absolute atomic E-state index is 0.146. The van der Waals surface area contributed by atoms with E-state index in [1.165, 1.54) is 0 Å². The van der Waals surface area contributed by atoms with Crippen molar-refractivity contribution >= 4 is 0 Å². The summed E-state index contributed by atoms with van der Waals surface area (Å²) < 4.78 is 0. The summed E-state index contributed by atoms with van der Waals surface area (Å²) in [6.45, 7) is 5.79. The van der Waals surface area contributed by atoms with Crippen LogP contribution in [0.2, 0.25) is 0 Å². The Morgan fingerprint density at radius 3 is 1.93 bits per heavy atom. The van der Waals surface area contributed by atoms with Crippen LogP contribution in [0, 0.1) is 11.8 Å². The summed E-state index contributed by atoms with van der Waals surface area (Å²) in [7, 11) is 0. The van der Waals surface area contributed by atoms with Gasteiger partial charge in [-0.3, -0.25) is 0 Å². The molecule has 1 rings (SSSR count). The van der Waals surface area contributed by atoms with Crippen molar-refractivity contribution in [2.75, 3.05) is 0 Å². The van der Waals surface area contributed by atoms with E-state index in [0.717, 1.165) is 5.56 Å². The first kappa shape index (κ1) is 12.2. The fourth-order valence-electron chi connectivity index (χ4n) is 1.75. The molecule has 2 heteroatoms. The molecule has 0 heterocycles. The quantitative estimate of drug-likeness (QED) is 0.797. The monoisotopic (exact) mass is 208 g/mol. The molecule has 0 aliphatic carbocycles. The molecule has 0 unspecified atom stereocenters. The highest BCUT2D eigenvalue weighted by Gasteiger charge is 2.25. The first-order valence-electron chi connectivity index (χ1n) is 5.45. The van der Waals surface area contributed by atoms with Gasteiger partial charge in [-0.15, -0.1) is 0 Å². The molecule has 0 fully saturated rings. The lowest BCUT2D eigenvalue weighted by Gasteiger charge is -2.26. The van der Waals surface area contributed by atoms with Crippen LogP contribution in [-0.2, 0) is 0 Å².